The Morgan fingerprint density at radius 1 is 1.00 bits per heavy atom. The van der Waals surface area contributed by atoms with Crippen molar-refractivity contribution in [2.75, 3.05) is 13.1 Å². The molecule has 0 radical (unpaired) electrons. The van der Waals surface area contributed by atoms with E-state index in [4.69, 9.17) is 5.73 Å². The summed E-state index contributed by atoms with van der Waals surface area (Å²) in [6.45, 7) is 2.33. The lowest BCUT2D eigenvalue weighted by Crippen LogP contribution is -2.40. The predicted octanol–water partition coefficient (Wildman–Crippen LogP) is 1.59. The molecule has 0 aromatic rings. The lowest BCUT2D eigenvalue weighted by molar-refractivity contribution is 0.377. The third-order valence-electron chi connectivity index (χ3n) is 3.54. The van der Waals surface area contributed by atoms with Crippen molar-refractivity contribution in [2.24, 2.45) is 22.6 Å². The molecule has 0 unspecified atom stereocenters. The van der Waals surface area contributed by atoms with Gasteiger partial charge >= 0.3 is 0 Å². The van der Waals surface area contributed by atoms with Crippen LogP contribution in [0.2, 0.25) is 0 Å². The van der Waals surface area contributed by atoms with E-state index in [1.807, 2.05) is 0 Å². The standard InChI is InChI=1S/C12H21N3/c13-12(14-11-5-6-11)15(7-9-1-2-9)8-10-3-4-10/h9-11H,1-8H2,(H2,13,14). The number of hydrogen-bond acceptors (Lipinski definition) is 1. The summed E-state index contributed by atoms with van der Waals surface area (Å²) in [6.07, 6.45) is 8.11. The van der Waals surface area contributed by atoms with Gasteiger partial charge < -0.3 is 10.6 Å². The monoisotopic (exact) mass is 207 g/mol. The highest BCUT2D eigenvalue weighted by Crippen LogP contribution is 2.34. The van der Waals surface area contributed by atoms with Gasteiger partial charge in [-0.2, -0.15) is 0 Å². The fraction of sp³-hybridized carbons (Fsp3) is 0.917. The first kappa shape index (κ1) is 9.49. The summed E-state index contributed by atoms with van der Waals surface area (Å²) in [4.78, 5) is 6.93. The molecule has 0 bridgehead atoms. The molecule has 3 rings (SSSR count). The normalized spacial score (nSPS) is 26.8. The van der Waals surface area contributed by atoms with Crippen LogP contribution in [0.3, 0.4) is 0 Å². The van der Waals surface area contributed by atoms with Gasteiger partial charge in [0.25, 0.3) is 0 Å². The van der Waals surface area contributed by atoms with Crippen molar-refractivity contribution < 1.29 is 0 Å². The molecule has 84 valence electrons. The van der Waals surface area contributed by atoms with Gasteiger partial charge in [0.2, 0.25) is 0 Å². The van der Waals surface area contributed by atoms with E-state index >= 15 is 0 Å². The maximum Gasteiger partial charge on any atom is 0.191 e. The topological polar surface area (TPSA) is 41.6 Å². The minimum Gasteiger partial charge on any atom is -0.370 e. The molecule has 3 fully saturated rings. The third kappa shape index (κ3) is 2.86. The van der Waals surface area contributed by atoms with Crippen molar-refractivity contribution in [2.45, 2.75) is 44.6 Å². The molecule has 0 amide bonds. The van der Waals surface area contributed by atoms with E-state index < -0.39 is 0 Å². The minimum atomic E-state index is 0.561. The Morgan fingerprint density at radius 2 is 1.53 bits per heavy atom. The molecule has 0 spiro atoms. The molecule has 3 aliphatic carbocycles. The second-order valence-corrected chi connectivity index (χ2v) is 5.51. The Bertz CT molecular complexity index is 248. The number of nitrogens with two attached hydrogens (primary N) is 1. The van der Waals surface area contributed by atoms with Crippen LogP contribution in [0.25, 0.3) is 0 Å². The van der Waals surface area contributed by atoms with Crippen molar-refractivity contribution >= 4 is 5.96 Å². The average Bonchev–Trinajstić information content (AvgIpc) is 3.04. The Balaban J connectivity index is 1.57. The third-order valence-corrected chi connectivity index (χ3v) is 3.54. The van der Waals surface area contributed by atoms with Crippen LogP contribution in [0.15, 0.2) is 4.99 Å². The number of hydrogen-bond donors (Lipinski definition) is 1. The highest BCUT2D eigenvalue weighted by Gasteiger charge is 2.31. The zero-order valence-corrected chi connectivity index (χ0v) is 9.36. The second-order valence-electron chi connectivity index (χ2n) is 5.51. The lowest BCUT2D eigenvalue weighted by Gasteiger charge is -2.23. The molecule has 2 N–H and O–H groups in total. The molecule has 0 atom stereocenters. The molecule has 15 heavy (non-hydrogen) atoms. The van der Waals surface area contributed by atoms with Gasteiger partial charge in [-0.25, -0.2) is 4.99 Å². The number of guanidine groups is 1. The van der Waals surface area contributed by atoms with E-state index in [0.29, 0.717) is 6.04 Å². The van der Waals surface area contributed by atoms with Crippen molar-refractivity contribution in [3.63, 3.8) is 0 Å². The first-order chi connectivity index (χ1) is 7.31. The maximum atomic E-state index is 6.09. The van der Waals surface area contributed by atoms with Gasteiger partial charge in [-0.1, -0.05) is 0 Å². The SMILES string of the molecule is NC(=NC1CC1)N(CC1CC1)CC1CC1. The summed E-state index contributed by atoms with van der Waals surface area (Å²) in [5, 5.41) is 0. The molecule has 3 nitrogen and oxygen atoms in total. The van der Waals surface area contributed by atoms with Crippen LogP contribution in [0, 0.1) is 11.8 Å². The fourth-order valence-corrected chi connectivity index (χ4v) is 1.96. The first-order valence-corrected chi connectivity index (χ1v) is 6.39. The van der Waals surface area contributed by atoms with E-state index in [-0.39, 0.29) is 0 Å². The molecule has 3 heteroatoms. The summed E-state index contributed by atoms with van der Waals surface area (Å²) in [5.74, 6) is 2.66. The number of aliphatic imine (C=N–C) groups is 1. The highest BCUT2D eigenvalue weighted by atomic mass is 15.3. The zero-order valence-electron chi connectivity index (χ0n) is 9.36. The van der Waals surface area contributed by atoms with E-state index in [1.54, 1.807) is 0 Å². The molecule has 0 saturated heterocycles. The predicted molar refractivity (Wildman–Crippen MR) is 61.7 cm³/mol. The molecule has 0 aromatic carbocycles. The molecule has 3 saturated carbocycles. The quantitative estimate of drug-likeness (QED) is 0.549. The first-order valence-electron chi connectivity index (χ1n) is 6.39. The maximum absolute atomic E-state index is 6.09. The van der Waals surface area contributed by atoms with Crippen LogP contribution < -0.4 is 5.73 Å². The Morgan fingerprint density at radius 3 is 1.93 bits per heavy atom. The van der Waals surface area contributed by atoms with Crippen molar-refractivity contribution in [3.8, 4) is 0 Å². The Hall–Kier alpha value is -0.730. The van der Waals surface area contributed by atoms with Crippen molar-refractivity contribution in [1.82, 2.24) is 4.90 Å². The van der Waals surface area contributed by atoms with Gasteiger partial charge in [0, 0.05) is 13.1 Å². The van der Waals surface area contributed by atoms with Crippen LogP contribution in [-0.2, 0) is 0 Å². The Kier molecular flexibility index (Phi) is 2.33. The second kappa shape index (κ2) is 3.69. The smallest absolute Gasteiger partial charge is 0.191 e. The fourth-order valence-electron chi connectivity index (χ4n) is 1.96. The molecule has 0 heterocycles. The molecular formula is C12H21N3. The molecule has 3 aliphatic rings. The van der Waals surface area contributed by atoms with Gasteiger partial charge in [0.15, 0.2) is 5.96 Å². The summed E-state index contributed by atoms with van der Waals surface area (Å²) >= 11 is 0. The highest BCUT2D eigenvalue weighted by molar-refractivity contribution is 5.78. The Labute approximate surface area is 91.7 Å². The largest absolute Gasteiger partial charge is 0.370 e. The van der Waals surface area contributed by atoms with Crippen LogP contribution in [-0.4, -0.2) is 30.0 Å². The summed E-state index contributed by atoms with van der Waals surface area (Å²) in [7, 11) is 0. The summed E-state index contributed by atoms with van der Waals surface area (Å²) < 4.78 is 0. The average molecular weight is 207 g/mol. The van der Waals surface area contributed by atoms with Crippen LogP contribution >= 0.6 is 0 Å². The zero-order chi connectivity index (χ0) is 10.3. The van der Waals surface area contributed by atoms with E-state index in [0.717, 1.165) is 17.8 Å². The van der Waals surface area contributed by atoms with Crippen molar-refractivity contribution in [1.29, 1.82) is 0 Å². The van der Waals surface area contributed by atoms with Gasteiger partial charge in [-0.05, 0) is 50.4 Å². The minimum absolute atomic E-state index is 0.561. The van der Waals surface area contributed by atoms with Gasteiger partial charge in [-0.3, -0.25) is 0 Å². The number of nitrogens with zero attached hydrogens (tertiary/aromatic N) is 2. The van der Waals surface area contributed by atoms with Crippen LogP contribution in [0.1, 0.15) is 38.5 Å². The molecule has 0 aromatic heterocycles. The number of rotatable bonds is 5. The van der Waals surface area contributed by atoms with Gasteiger partial charge in [0.05, 0.1) is 6.04 Å². The van der Waals surface area contributed by atoms with Crippen molar-refractivity contribution in [3.05, 3.63) is 0 Å². The van der Waals surface area contributed by atoms with Crippen LogP contribution in [0.4, 0.5) is 0 Å². The van der Waals surface area contributed by atoms with Gasteiger partial charge in [-0.15, -0.1) is 0 Å². The lowest BCUT2D eigenvalue weighted by atomic mass is 10.3. The molecule has 0 aliphatic heterocycles. The molecular weight excluding hydrogens is 186 g/mol. The van der Waals surface area contributed by atoms with E-state index in [2.05, 4.69) is 9.89 Å². The summed E-state index contributed by atoms with van der Waals surface area (Å²) in [6, 6.07) is 0.561. The summed E-state index contributed by atoms with van der Waals surface area (Å²) in [5.41, 5.74) is 6.09. The van der Waals surface area contributed by atoms with Gasteiger partial charge in [0.1, 0.15) is 0 Å². The van der Waals surface area contributed by atoms with E-state index in [1.165, 1.54) is 51.6 Å². The van der Waals surface area contributed by atoms with E-state index in [9.17, 15) is 0 Å². The van der Waals surface area contributed by atoms with Crippen LogP contribution in [0.5, 0.6) is 0 Å².